The Balaban J connectivity index is 0.00000137. The average Bonchev–Trinajstić information content (AvgIpc) is 2.39. The number of methoxy groups -OCH3 is 1. The lowest BCUT2D eigenvalue weighted by Crippen LogP contribution is -2.18. The van der Waals surface area contributed by atoms with Crippen LogP contribution in [0.4, 0.5) is 0 Å². The molecule has 18 heavy (non-hydrogen) atoms. The van der Waals surface area contributed by atoms with Crippen molar-refractivity contribution >= 4 is 0 Å². The smallest absolute Gasteiger partial charge is 0.122 e. The van der Waals surface area contributed by atoms with Gasteiger partial charge in [0.1, 0.15) is 11.5 Å². The van der Waals surface area contributed by atoms with Crippen LogP contribution in [0, 0.1) is 12.3 Å². The van der Waals surface area contributed by atoms with Crippen molar-refractivity contribution in [3.63, 3.8) is 0 Å². The fraction of sp³-hybridized carbons (Fsp3) is 0.500. The summed E-state index contributed by atoms with van der Waals surface area (Å²) in [5.41, 5.74) is 1.08. The van der Waals surface area contributed by atoms with Gasteiger partial charge in [0.15, 0.2) is 0 Å². The third kappa shape index (κ3) is 5.26. The number of aryl methyl sites for hydroxylation is 1. The van der Waals surface area contributed by atoms with Crippen LogP contribution in [0.5, 0.6) is 11.5 Å². The Morgan fingerprint density at radius 3 is 2.33 bits per heavy atom. The molecular formula is C16H26O2. The highest BCUT2D eigenvalue weighted by molar-refractivity contribution is 5.39. The third-order valence-corrected chi connectivity index (χ3v) is 2.53. The largest absolute Gasteiger partial charge is 0.497 e. The van der Waals surface area contributed by atoms with Crippen molar-refractivity contribution in [1.29, 1.82) is 0 Å². The number of benzene rings is 1. The molecule has 1 aromatic carbocycles. The molecule has 2 nitrogen and oxygen atoms in total. The van der Waals surface area contributed by atoms with Gasteiger partial charge in [0.25, 0.3) is 0 Å². The highest BCUT2D eigenvalue weighted by Crippen LogP contribution is 2.25. The average molecular weight is 250 g/mol. The summed E-state index contributed by atoms with van der Waals surface area (Å²) >= 11 is 0. The van der Waals surface area contributed by atoms with Gasteiger partial charge in [0.2, 0.25) is 0 Å². The Hall–Kier alpha value is -1.44. The Morgan fingerprint density at radius 2 is 1.89 bits per heavy atom. The maximum absolute atomic E-state index is 5.77. The summed E-state index contributed by atoms with van der Waals surface area (Å²) in [6.07, 6.45) is 1.91. The maximum atomic E-state index is 5.77. The van der Waals surface area contributed by atoms with Crippen LogP contribution >= 0.6 is 0 Å². The van der Waals surface area contributed by atoms with Gasteiger partial charge in [-0.1, -0.05) is 33.8 Å². The topological polar surface area (TPSA) is 18.5 Å². The minimum atomic E-state index is -0.00757. The first kappa shape index (κ1) is 16.6. The molecule has 0 atom stereocenters. The van der Waals surface area contributed by atoms with Crippen LogP contribution in [0.1, 0.15) is 33.3 Å². The molecule has 0 amide bonds. The van der Waals surface area contributed by atoms with Gasteiger partial charge in [-0.2, -0.15) is 0 Å². The Labute approximate surface area is 112 Å². The predicted octanol–water partition coefficient (Wildman–Crippen LogP) is 4.62. The second kappa shape index (κ2) is 7.80. The minimum absolute atomic E-state index is 0.00757. The molecule has 0 aliphatic carbocycles. The van der Waals surface area contributed by atoms with Crippen LogP contribution in [0.2, 0.25) is 0 Å². The van der Waals surface area contributed by atoms with E-state index < -0.39 is 0 Å². The monoisotopic (exact) mass is 250 g/mol. The lowest BCUT2D eigenvalue weighted by molar-refractivity contribution is 0.220. The van der Waals surface area contributed by atoms with E-state index >= 15 is 0 Å². The van der Waals surface area contributed by atoms with Crippen LogP contribution in [0.15, 0.2) is 30.9 Å². The quantitative estimate of drug-likeness (QED) is 0.710. The Kier molecular flexibility index (Phi) is 7.18. The van der Waals surface area contributed by atoms with Crippen LogP contribution in [0.25, 0.3) is 0 Å². The van der Waals surface area contributed by atoms with Gasteiger partial charge in [-0.25, -0.2) is 0 Å². The summed E-state index contributed by atoms with van der Waals surface area (Å²) in [6, 6.07) is 5.81. The Morgan fingerprint density at radius 1 is 1.28 bits per heavy atom. The summed E-state index contributed by atoms with van der Waals surface area (Å²) in [5.74, 6) is 1.75. The highest BCUT2D eigenvalue weighted by atomic mass is 16.5. The maximum Gasteiger partial charge on any atom is 0.122 e. The first-order chi connectivity index (χ1) is 8.48. The molecule has 0 unspecified atom stereocenters. The minimum Gasteiger partial charge on any atom is -0.497 e. The number of ether oxygens (including phenoxy) is 2. The van der Waals surface area contributed by atoms with Gasteiger partial charge < -0.3 is 9.47 Å². The van der Waals surface area contributed by atoms with Gasteiger partial charge in [0, 0.05) is 5.41 Å². The van der Waals surface area contributed by atoms with Gasteiger partial charge in [-0.3, -0.25) is 0 Å². The molecule has 0 radical (unpaired) electrons. The predicted molar refractivity (Wildman–Crippen MR) is 78.6 cm³/mol. The van der Waals surface area contributed by atoms with E-state index in [-0.39, 0.29) is 5.41 Å². The summed E-state index contributed by atoms with van der Waals surface area (Å²) < 4.78 is 10.9. The fourth-order valence-corrected chi connectivity index (χ4v) is 1.23. The fourth-order valence-electron chi connectivity index (χ4n) is 1.23. The van der Waals surface area contributed by atoms with Crippen LogP contribution in [-0.4, -0.2) is 13.7 Å². The Bertz CT molecular complexity index is 367. The lowest BCUT2D eigenvalue weighted by Gasteiger charge is -2.21. The van der Waals surface area contributed by atoms with Crippen molar-refractivity contribution in [2.45, 2.75) is 34.6 Å². The van der Waals surface area contributed by atoms with E-state index in [4.69, 9.17) is 9.47 Å². The van der Waals surface area contributed by atoms with E-state index in [0.29, 0.717) is 6.61 Å². The van der Waals surface area contributed by atoms with Gasteiger partial charge >= 0.3 is 0 Å². The summed E-state index contributed by atoms with van der Waals surface area (Å²) in [7, 11) is 1.66. The molecule has 2 heteroatoms. The molecule has 1 rings (SSSR count). The van der Waals surface area contributed by atoms with E-state index in [1.807, 2.05) is 45.0 Å². The molecule has 0 aromatic heterocycles. The van der Waals surface area contributed by atoms with E-state index in [1.54, 1.807) is 7.11 Å². The summed E-state index contributed by atoms with van der Waals surface area (Å²) in [5, 5.41) is 0. The molecule has 0 N–H and O–H groups in total. The molecule has 0 saturated carbocycles. The van der Waals surface area contributed by atoms with E-state index in [2.05, 4.69) is 20.4 Å². The molecule has 0 fully saturated rings. The summed E-state index contributed by atoms with van der Waals surface area (Å²) in [4.78, 5) is 0. The van der Waals surface area contributed by atoms with Crippen LogP contribution < -0.4 is 9.47 Å². The van der Waals surface area contributed by atoms with Gasteiger partial charge in [-0.15, -0.1) is 6.58 Å². The normalized spacial score (nSPS) is 10.1. The van der Waals surface area contributed by atoms with Gasteiger partial charge in [-0.05, 0) is 30.7 Å². The van der Waals surface area contributed by atoms with Crippen molar-refractivity contribution in [3.8, 4) is 11.5 Å². The second-order valence-electron chi connectivity index (χ2n) is 4.61. The molecular weight excluding hydrogens is 224 g/mol. The lowest BCUT2D eigenvalue weighted by atomic mass is 9.95. The first-order valence-corrected chi connectivity index (χ1v) is 6.39. The van der Waals surface area contributed by atoms with E-state index in [1.165, 1.54) is 0 Å². The molecule has 0 heterocycles. The summed E-state index contributed by atoms with van der Waals surface area (Å²) in [6.45, 7) is 14.6. The third-order valence-electron chi connectivity index (χ3n) is 2.53. The number of rotatable bonds is 5. The highest BCUT2D eigenvalue weighted by Gasteiger charge is 2.14. The molecule has 0 saturated heterocycles. The zero-order chi connectivity index (χ0) is 14.2. The van der Waals surface area contributed by atoms with Crippen molar-refractivity contribution in [3.05, 3.63) is 36.4 Å². The van der Waals surface area contributed by atoms with Crippen molar-refractivity contribution in [2.24, 2.45) is 5.41 Å². The van der Waals surface area contributed by atoms with Gasteiger partial charge in [0.05, 0.1) is 13.7 Å². The van der Waals surface area contributed by atoms with Crippen molar-refractivity contribution < 1.29 is 9.47 Å². The molecule has 0 aliphatic rings. The van der Waals surface area contributed by atoms with E-state index in [0.717, 1.165) is 17.1 Å². The zero-order valence-electron chi connectivity index (χ0n) is 12.5. The van der Waals surface area contributed by atoms with Crippen molar-refractivity contribution in [1.82, 2.24) is 0 Å². The zero-order valence-corrected chi connectivity index (χ0v) is 12.5. The SMILES string of the molecule is C=CC(C)(C)COc1ccc(OC)cc1C.CC. The second-order valence-corrected chi connectivity index (χ2v) is 4.61. The number of hydrogen-bond donors (Lipinski definition) is 0. The molecule has 0 bridgehead atoms. The van der Waals surface area contributed by atoms with Crippen LogP contribution in [0.3, 0.4) is 0 Å². The molecule has 1 aromatic rings. The molecule has 0 spiro atoms. The van der Waals surface area contributed by atoms with E-state index in [9.17, 15) is 0 Å². The molecule has 102 valence electrons. The number of hydrogen-bond acceptors (Lipinski definition) is 2. The first-order valence-electron chi connectivity index (χ1n) is 6.39. The van der Waals surface area contributed by atoms with Crippen LogP contribution in [-0.2, 0) is 0 Å². The standard InChI is InChI=1S/C14H20O2.C2H6/c1-6-14(3,4)10-16-13-8-7-12(15-5)9-11(13)2;1-2/h6-9H,1,10H2,2-5H3;1-2H3. The molecule has 0 aliphatic heterocycles. The van der Waals surface area contributed by atoms with Crippen molar-refractivity contribution in [2.75, 3.05) is 13.7 Å².